The van der Waals surface area contributed by atoms with Gasteiger partial charge in [-0.1, -0.05) is 7.43 Å². The second-order valence-corrected chi connectivity index (χ2v) is 5.99. The molecule has 0 radical (unpaired) electrons. The fraction of sp³-hybridized carbons (Fsp3) is 0.412. The average Bonchev–Trinajstić information content (AvgIpc) is 3.45. The number of anilines is 2. The Balaban J connectivity index is 0.000000173. The summed E-state index contributed by atoms with van der Waals surface area (Å²) < 4.78 is 27.9. The fourth-order valence-electron chi connectivity index (χ4n) is 2.46. The minimum Gasteiger partial charge on any atom is -0.394 e. The van der Waals surface area contributed by atoms with Crippen LogP contribution in [-0.2, 0) is 0 Å². The van der Waals surface area contributed by atoms with Gasteiger partial charge in [-0.2, -0.15) is 0 Å². The normalized spacial score (nSPS) is 26.0. The molecule has 136 valence electrons. The van der Waals surface area contributed by atoms with E-state index in [9.17, 15) is 18.4 Å². The number of halogens is 2. The zero-order valence-electron chi connectivity index (χ0n) is 12.8. The Morgan fingerprint density at radius 3 is 1.44 bits per heavy atom. The van der Waals surface area contributed by atoms with Crippen LogP contribution in [0.3, 0.4) is 0 Å². The first kappa shape index (κ1) is 18.7. The van der Waals surface area contributed by atoms with Gasteiger partial charge in [0.25, 0.3) is 11.1 Å². The van der Waals surface area contributed by atoms with E-state index in [1.54, 1.807) is 24.5 Å². The number of pyridine rings is 2. The molecule has 0 aromatic carbocycles. The summed E-state index contributed by atoms with van der Waals surface area (Å²) in [5.74, 6) is 0. The third kappa shape index (κ3) is 3.89. The van der Waals surface area contributed by atoms with Crippen molar-refractivity contribution in [3.63, 3.8) is 0 Å². The predicted molar refractivity (Wildman–Crippen MR) is 94.1 cm³/mol. The summed E-state index contributed by atoms with van der Waals surface area (Å²) in [5.41, 5.74) is 10.5. The van der Waals surface area contributed by atoms with E-state index in [-0.39, 0.29) is 42.0 Å². The predicted octanol–water partition coefficient (Wildman–Crippen LogP) is 2.06. The maximum atomic E-state index is 12.6. The molecule has 2 aromatic rings. The molecule has 0 unspecified atom stereocenters. The Morgan fingerprint density at radius 1 is 0.840 bits per heavy atom. The van der Waals surface area contributed by atoms with Gasteiger partial charge in [0, 0.05) is 25.2 Å². The van der Waals surface area contributed by atoms with E-state index in [1.165, 1.54) is 21.3 Å². The molecule has 4 rings (SSSR count). The highest BCUT2D eigenvalue weighted by atomic mass is 19.1. The molecule has 6 nitrogen and oxygen atoms in total. The molecule has 0 aliphatic heterocycles. The van der Waals surface area contributed by atoms with Gasteiger partial charge < -0.3 is 20.6 Å². The summed E-state index contributed by atoms with van der Waals surface area (Å²) in [4.78, 5) is 22.5. The van der Waals surface area contributed by atoms with Gasteiger partial charge in [0.15, 0.2) is 0 Å². The Labute approximate surface area is 143 Å². The Bertz CT molecular complexity index is 793. The highest BCUT2D eigenvalue weighted by Gasteiger charge is 2.40. The van der Waals surface area contributed by atoms with Gasteiger partial charge in [-0.05, 0) is 24.3 Å². The van der Waals surface area contributed by atoms with Crippen molar-refractivity contribution in [1.82, 2.24) is 9.13 Å². The van der Waals surface area contributed by atoms with E-state index >= 15 is 0 Å². The molecular weight excluding hydrogens is 330 g/mol. The smallest absolute Gasteiger partial charge is 0.274 e. The second-order valence-electron chi connectivity index (χ2n) is 5.99. The van der Waals surface area contributed by atoms with Crippen LogP contribution in [0.25, 0.3) is 0 Å². The van der Waals surface area contributed by atoms with Crippen molar-refractivity contribution >= 4 is 11.4 Å². The summed E-state index contributed by atoms with van der Waals surface area (Å²) in [6, 6.07) is 5.80. The summed E-state index contributed by atoms with van der Waals surface area (Å²) in [5, 5.41) is 0. The molecule has 0 saturated heterocycles. The molecule has 2 aliphatic rings. The molecule has 0 bridgehead atoms. The Kier molecular flexibility index (Phi) is 5.30. The third-order valence-electron chi connectivity index (χ3n) is 4.08. The van der Waals surface area contributed by atoms with Gasteiger partial charge in [-0.15, -0.1) is 0 Å². The molecule has 25 heavy (non-hydrogen) atoms. The van der Waals surface area contributed by atoms with Crippen molar-refractivity contribution in [3.05, 3.63) is 57.4 Å². The Morgan fingerprint density at radius 2 is 1.16 bits per heavy atom. The molecule has 4 atom stereocenters. The SMILES string of the molecule is C.Nc1cccn([C@@H]2C[C@H]2F)c1=O.Nc1cccn([C@H]2C[C@@H]2F)c1=O. The summed E-state index contributed by atoms with van der Waals surface area (Å²) in [6.45, 7) is 0. The number of rotatable bonds is 2. The summed E-state index contributed by atoms with van der Waals surface area (Å²) in [7, 11) is 0. The zero-order valence-corrected chi connectivity index (χ0v) is 12.8. The molecule has 4 N–H and O–H groups in total. The average molecular weight is 352 g/mol. The number of nitrogens with zero attached hydrogens (tertiary/aromatic N) is 2. The minimum absolute atomic E-state index is 0. The number of hydrogen-bond donors (Lipinski definition) is 2. The first-order chi connectivity index (χ1) is 11.4. The van der Waals surface area contributed by atoms with Crippen molar-refractivity contribution in [2.24, 2.45) is 0 Å². The highest BCUT2D eigenvalue weighted by molar-refractivity contribution is 5.34. The van der Waals surface area contributed by atoms with Crippen molar-refractivity contribution < 1.29 is 8.78 Å². The number of nitrogen functional groups attached to an aromatic ring is 2. The standard InChI is InChI=1S/2C8H9FN2O.CH4/c2*9-5-4-7(5)11-3-1-2-6(10)8(11)12;/h2*1-3,5,7H,4,10H2;1H4/t2*5-,7-;/m10./s1. The number of alkyl halides is 2. The van der Waals surface area contributed by atoms with Gasteiger partial charge >= 0.3 is 0 Å². The van der Waals surface area contributed by atoms with Crippen molar-refractivity contribution in [1.29, 1.82) is 0 Å². The largest absolute Gasteiger partial charge is 0.394 e. The minimum atomic E-state index is -0.871. The molecule has 2 saturated carbocycles. The van der Waals surface area contributed by atoms with Crippen molar-refractivity contribution in [3.8, 4) is 0 Å². The second kappa shape index (κ2) is 7.08. The maximum absolute atomic E-state index is 12.6. The van der Waals surface area contributed by atoms with Gasteiger partial charge in [0.05, 0.1) is 23.5 Å². The van der Waals surface area contributed by atoms with Crippen LogP contribution in [0.5, 0.6) is 0 Å². The quantitative estimate of drug-likeness (QED) is 0.865. The number of aromatic nitrogens is 2. The lowest BCUT2D eigenvalue weighted by molar-refractivity contribution is 0.438. The zero-order chi connectivity index (χ0) is 17.4. The van der Waals surface area contributed by atoms with E-state index in [0.717, 1.165) is 0 Å². The van der Waals surface area contributed by atoms with Crippen LogP contribution >= 0.6 is 0 Å². The van der Waals surface area contributed by atoms with Gasteiger partial charge in [-0.25, -0.2) is 8.78 Å². The lowest BCUT2D eigenvalue weighted by atomic mass is 10.4. The van der Waals surface area contributed by atoms with Crippen LogP contribution in [0.15, 0.2) is 46.2 Å². The van der Waals surface area contributed by atoms with E-state index in [2.05, 4.69) is 0 Å². The maximum Gasteiger partial charge on any atom is 0.274 e. The molecular formula is C17H22F2N4O2. The van der Waals surface area contributed by atoms with E-state index in [1.807, 2.05) is 0 Å². The van der Waals surface area contributed by atoms with E-state index in [4.69, 9.17) is 11.5 Å². The van der Waals surface area contributed by atoms with Gasteiger partial charge in [-0.3, -0.25) is 9.59 Å². The van der Waals surface area contributed by atoms with E-state index < -0.39 is 12.3 Å². The fourth-order valence-corrected chi connectivity index (χ4v) is 2.46. The summed E-state index contributed by atoms with van der Waals surface area (Å²) >= 11 is 0. The van der Waals surface area contributed by atoms with Crippen LogP contribution in [-0.4, -0.2) is 21.5 Å². The molecule has 2 heterocycles. The first-order valence-corrected chi connectivity index (χ1v) is 7.61. The van der Waals surface area contributed by atoms with Crippen molar-refractivity contribution in [2.45, 2.75) is 44.7 Å². The van der Waals surface area contributed by atoms with Crippen LogP contribution < -0.4 is 22.6 Å². The van der Waals surface area contributed by atoms with Crippen molar-refractivity contribution in [2.75, 3.05) is 11.5 Å². The van der Waals surface area contributed by atoms with Crippen LogP contribution in [0, 0.1) is 0 Å². The summed E-state index contributed by atoms with van der Waals surface area (Å²) in [6.07, 6.45) is 2.27. The van der Waals surface area contributed by atoms with Gasteiger partial charge in [0.2, 0.25) is 0 Å². The third-order valence-corrected chi connectivity index (χ3v) is 4.08. The molecule has 0 amide bonds. The topological polar surface area (TPSA) is 96.0 Å². The lowest BCUT2D eigenvalue weighted by Crippen LogP contribution is -2.21. The molecule has 2 fully saturated rings. The van der Waals surface area contributed by atoms with E-state index in [0.29, 0.717) is 12.8 Å². The highest BCUT2D eigenvalue weighted by Crippen LogP contribution is 2.38. The molecule has 8 heteroatoms. The first-order valence-electron chi connectivity index (χ1n) is 7.61. The molecule has 0 spiro atoms. The lowest BCUT2D eigenvalue weighted by Gasteiger charge is -2.02. The van der Waals surface area contributed by atoms with Crippen LogP contribution in [0.4, 0.5) is 20.2 Å². The van der Waals surface area contributed by atoms with Crippen LogP contribution in [0.2, 0.25) is 0 Å². The Hall–Kier alpha value is -2.64. The number of hydrogen-bond acceptors (Lipinski definition) is 4. The molecule has 2 aromatic heterocycles. The van der Waals surface area contributed by atoms with Crippen LogP contribution in [0.1, 0.15) is 32.4 Å². The monoisotopic (exact) mass is 352 g/mol. The molecule has 2 aliphatic carbocycles. The number of nitrogens with two attached hydrogens (primary N) is 2. The van der Waals surface area contributed by atoms with Gasteiger partial charge in [0.1, 0.15) is 12.3 Å².